The van der Waals surface area contributed by atoms with Gasteiger partial charge in [-0.15, -0.1) is 0 Å². The standard InChI is InChI=1S/C55H65Cl2FN8O6/c1-36-32-60-51(67)31-45(28-39-13-18-43(56)19-14-39)63(4)55(71)47(23-24-58)61-53(69)37(2)66(52(68)29-42(54(70)62(36)3)27-38-11-7-6-8-12-38)34-41-15-20-44(57)30-49(41)72-46-21-16-40(17-22-46)48-33-59-50(64(48)5)35-65-25-9-10-26-65/h6-8,11-22,30,33,36-37,42,45,47H,9-10,23-29,31-32,34-35H2,1-5H3,(H,60,67)(H,61,69)/t36-,37-,42+,45-,47-/m0/s1. The molecule has 5 atom stereocenters. The molecule has 2 aliphatic heterocycles. The highest BCUT2D eigenvalue weighted by atomic mass is 35.5. The van der Waals surface area contributed by atoms with Crippen molar-refractivity contribution >= 4 is 52.7 Å². The van der Waals surface area contributed by atoms with Gasteiger partial charge in [0.15, 0.2) is 0 Å². The number of hydrogen-bond donors (Lipinski definition) is 2. The van der Waals surface area contributed by atoms with Crippen LogP contribution in [0.2, 0.25) is 10.0 Å². The number of carbonyl (C=O) groups excluding carboxylic acids is 5. The van der Waals surface area contributed by atoms with E-state index in [2.05, 4.69) is 20.1 Å². The molecule has 0 radical (unpaired) electrons. The summed E-state index contributed by atoms with van der Waals surface area (Å²) in [5.41, 5.74) is 4.03. The SMILES string of the molecule is C[C@H]1CNC(=O)C[C@H](Cc2ccc(Cl)cc2)N(C)C(=O)[C@H](CCF)NC(=O)[C@H](C)N(Cc2ccc(Cl)cc2Oc2ccc(-c3cnc(CN4CCCC4)n3C)cc2)C(=O)C[C@@H](Cc2ccccc2)C(=O)N1C. The van der Waals surface area contributed by atoms with E-state index < -0.39 is 54.5 Å². The van der Waals surface area contributed by atoms with Gasteiger partial charge in [0.25, 0.3) is 0 Å². The Bertz CT molecular complexity index is 2660. The van der Waals surface area contributed by atoms with Crippen molar-refractivity contribution in [2.75, 3.05) is 40.4 Å². The van der Waals surface area contributed by atoms with Crippen molar-refractivity contribution in [1.29, 1.82) is 0 Å². The van der Waals surface area contributed by atoms with Gasteiger partial charge in [-0.25, -0.2) is 4.98 Å². The number of ether oxygens (including phenoxy) is 1. The molecule has 3 heterocycles. The minimum atomic E-state index is -1.34. The number of rotatable bonds is 13. The fraction of sp³-hybridized carbons (Fsp3) is 0.418. The van der Waals surface area contributed by atoms with Crippen LogP contribution in [0.3, 0.4) is 0 Å². The van der Waals surface area contributed by atoms with E-state index in [1.54, 1.807) is 56.4 Å². The van der Waals surface area contributed by atoms with Crippen LogP contribution < -0.4 is 15.4 Å². The van der Waals surface area contributed by atoms with Crippen LogP contribution in [0.4, 0.5) is 4.39 Å². The lowest BCUT2D eigenvalue weighted by atomic mass is 9.93. The molecule has 1 aromatic heterocycles. The van der Waals surface area contributed by atoms with Crippen molar-refractivity contribution in [2.45, 2.75) is 96.1 Å². The number of nitrogens with one attached hydrogen (secondary N) is 2. The normalized spacial score (nSPS) is 21.4. The van der Waals surface area contributed by atoms with Crippen LogP contribution in [0.5, 0.6) is 11.5 Å². The minimum Gasteiger partial charge on any atom is -0.457 e. The van der Waals surface area contributed by atoms with Gasteiger partial charge >= 0.3 is 0 Å². The molecule has 0 saturated carbocycles. The molecule has 14 nitrogen and oxygen atoms in total. The zero-order valence-electron chi connectivity index (χ0n) is 41.7. The van der Waals surface area contributed by atoms with E-state index in [1.807, 2.05) is 67.8 Å². The highest BCUT2D eigenvalue weighted by molar-refractivity contribution is 6.31. The van der Waals surface area contributed by atoms with Crippen LogP contribution in [-0.2, 0) is 57.0 Å². The van der Waals surface area contributed by atoms with Crippen molar-refractivity contribution in [3.05, 3.63) is 136 Å². The number of likely N-dealkylation sites (tertiary alicyclic amines) is 1. The van der Waals surface area contributed by atoms with Gasteiger partial charge in [-0.2, -0.15) is 0 Å². The first kappa shape index (κ1) is 53.5. The molecule has 0 unspecified atom stereocenters. The van der Waals surface area contributed by atoms with Gasteiger partial charge in [-0.05, 0) is 112 Å². The molecule has 0 spiro atoms. The zero-order chi connectivity index (χ0) is 51.5. The molecule has 382 valence electrons. The summed E-state index contributed by atoms with van der Waals surface area (Å²) in [5.74, 6) is -1.63. The molecule has 17 heteroatoms. The van der Waals surface area contributed by atoms with Crippen LogP contribution in [0.15, 0.2) is 103 Å². The number of alkyl halides is 1. The monoisotopic (exact) mass is 1020 g/mol. The second kappa shape index (κ2) is 24.9. The Kier molecular flexibility index (Phi) is 18.5. The van der Waals surface area contributed by atoms with Crippen molar-refractivity contribution in [2.24, 2.45) is 13.0 Å². The van der Waals surface area contributed by atoms with E-state index in [9.17, 15) is 23.6 Å². The molecule has 7 rings (SSSR count). The van der Waals surface area contributed by atoms with E-state index in [4.69, 9.17) is 32.9 Å². The number of amides is 5. The Labute approximate surface area is 431 Å². The third kappa shape index (κ3) is 13.8. The molecule has 0 bridgehead atoms. The van der Waals surface area contributed by atoms with Gasteiger partial charge in [0, 0.05) is 80.2 Å². The second-order valence-electron chi connectivity index (χ2n) is 19.0. The molecular weight excluding hydrogens is 959 g/mol. The van der Waals surface area contributed by atoms with Crippen LogP contribution in [0, 0.1) is 5.92 Å². The first-order chi connectivity index (χ1) is 34.6. The molecule has 2 fully saturated rings. The summed E-state index contributed by atoms with van der Waals surface area (Å²) in [6, 6.07) is 25.2. The summed E-state index contributed by atoms with van der Waals surface area (Å²) < 4.78 is 23.0. The van der Waals surface area contributed by atoms with Gasteiger partial charge in [-0.1, -0.05) is 71.7 Å². The fourth-order valence-corrected chi connectivity index (χ4v) is 9.62. The summed E-state index contributed by atoms with van der Waals surface area (Å²) >= 11 is 12.8. The smallest absolute Gasteiger partial charge is 0.245 e. The minimum absolute atomic E-state index is 0.0906. The lowest BCUT2D eigenvalue weighted by Crippen LogP contribution is -2.56. The number of carbonyl (C=O) groups is 5. The first-order valence-corrected chi connectivity index (χ1v) is 25.4. The van der Waals surface area contributed by atoms with Gasteiger partial charge in [-0.3, -0.25) is 33.3 Å². The molecule has 5 amide bonds. The molecule has 5 aromatic rings. The Morgan fingerprint density at radius 2 is 1.44 bits per heavy atom. The summed E-state index contributed by atoms with van der Waals surface area (Å²) in [7, 11) is 5.18. The van der Waals surface area contributed by atoms with E-state index in [0.717, 1.165) is 47.8 Å². The molecule has 2 N–H and O–H groups in total. The van der Waals surface area contributed by atoms with Crippen molar-refractivity contribution in [3.63, 3.8) is 0 Å². The van der Waals surface area contributed by atoms with E-state index in [0.29, 0.717) is 27.1 Å². The maximum absolute atomic E-state index is 15.0. The Hall–Kier alpha value is -6.29. The predicted octanol–water partition coefficient (Wildman–Crippen LogP) is 8.03. The number of nitrogens with zero attached hydrogens (tertiary/aromatic N) is 6. The third-order valence-corrected chi connectivity index (χ3v) is 14.5. The van der Waals surface area contributed by atoms with Crippen molar-refractivity contribution in [3.8, 4) is 22.8 Å². The molecule has 2 aliphatic rings. The number of benzene rings is 4. The first-order valence-electron chi connectivity index (χ1n) is 24.6. The number of likely N-dealkylation sites (N-methyl/N-ethyl adjacent to an activating group) is 2. The van der Waals surface area contributed by atoms with Crippen molar-refractivity contribution in [1.82, 2.24) is 39.8 Å². The highest BCUT2D eigenvalue weighted by Crippen LogP contribution is 2.33. The topological polar surface area (TPSA) is 149 Å². The number of imidazole rings is 1. The number of hydrogen-bond acceptors (Lipinski definition) is 8. The maximum atomic E-state index is 15.0. The Morgan fingerprint density at radius 1 is 0.764 bits per heavy atom. The highest BCUT2D eigenvalue weighted by Gasteiger charge is 2.36. The van der Waals surface area contributed by atoms with Crippen LogP contribution in [0.25, 0.3) is 11.3 Å². The molecule has 2 saturated heterocycles. The van der Waals surface area contributed by atoms with E-state index in [1.165, 1.54) is 41.5 Å². The quantitative estimate of drug-likeness (QED) is 0.121. The number of halogens is 3. The second-order valence-corrected chi connectivity index (χ2v) is 19.9. The van der Waals surface area contributed by atoms with Crippen LogP contribution in [-0.4, -0.2) is 123 Å². The molecular formula is C55H65Cl2FN8O6. The van der Waals surface area contributed by atoms with Crippen molar-refractivity contribution < 1.29 is 33.1 Å². The molecule has 72 heavy (non-hydrogen) atoms. The third-order valence-electron chi connectivity index (χ3n) is 14.0. The van der Waals surface area contributed by atoms with Crippen LogP contribution >= 0.6 is 23.2 Å². The summed E-state index contributed by atoms with van der Waals surface area (Å²) in [5, 5.41) is 6.57. The van der Waals surface area contributed by atoms with Gasteiger partial charge in [0.2, 0.25) is 29.5 Å². The van der Waals surface area contributed by atoms with Crippen LogP contribution in [0.1, 0.15) is 68.5 Å². The van der Waals surface area contributed by atoms with Gasteiger partial charge < -0.3 is 34.6 Å². The lowest BCUT2D eigenvalue weighted by Gasteiger charge is -2.35. The molecule has 0 aliphatic carbocycles. The van der Waals surface area contributed by atoms with Gasteiger partial charge in [0.1, 0.15) is 29.4 Å². The Morgan fingerprint density at radius 3 is 2.14 bits per heavy atom. The fourth-order valence-electron chi connectivity index (χ4n) is 9.33. The summed E-state index contributed by atoms with van der Waals surface area (Å²) in [4.78, 5) is 83.6. The summed E-state index contributed by atoms with van der Waals surface area (Å²) in [6.07, 6.45) is 3.94. The lowest BCUT2D eigenvalue weighted by molar-refractivity contribution is -0.146. The largest absolute Gasteiger partial charge is 0.457 e. The Balaban J connectivity index is 1.21. The average molecular weight is 1020 g/mol. The predicted molar refractivity (Wildman–Crippen MR) is 277 cm³/mol. The molecule has 4 aromatic carbocycles. The van der Waals surface area contributed by atoms with E-state index >= 15 is 4.79 Å². The maximum Gasteiger partial charge on any atom is 0.245 e. The number of aromatic nitrogens is 2. The summed E-state index contributed by atoms with van der Waals surface area (Å²) in [6.45, 7) is 5.25. The zero-order valence-corrected chi connectivity index (χ0v) is 43.2. The average Bonchev–Trinajstić information content (AvgIpc) is 4.03. The van der Waals surface area contributed by atoms with Gasteiger partial charge in [0.05, 0.1) is 37.6 Å². The van der Waals surface area contributed by atoms with E-state index in [-0.39, 0.29) is 57.0 Å².